The van der Waals surface area contributed by atoms with Crippen LogP contribution in [0.2, 0.25) is 0 Å². The van der Waals surface area contributed by atoms with E-state index in [9.17, 15) is 19.7 Å². The number of aryl methyl sites for hydroxylation is 1. The van der Waals surface area contributed by atoms with Gasteiger partial charge in [-0.1, -0.05) is 0 Å². The fraction of sp³-hybridized carbons (Fsp3) is 0.333. The van der Waals surface area contributed by atoms with Crippen molar-refractivity contribution in [2.24, 2.45) is 5.73 Å². The van der Waals surface area contributed by atoms with Crippen molar-refractivity contribution in [2.45, 2.75) is 13.8 Å². The monoisotopic (exact) mass is 265 g/mol. The molecular formula is C12H15N3O4. The number of nitro benzene ring substituents is 1. The maximum atomic E-state index is 12.1. The molecule has 0 heterocycles. The van der Waals surface area contributed by atoms with Gasteiger partial charge in [0, 0.05) is 37.2 Å². The lowest BCUT2D eigenvalue weighted by molar-refractivity contribution is -0.385. The highest BCUT2D eigenvalue weighted by atomic mass is 16.6. The number of hydrogen-bond acceptors (Lipinski definition) is 5. The van der Waals surface area contributed by atoms with Crippen LogP contribution in [0.25, 0.3) is 0 Å². The van der Waals surface area contributed by atoms with E-state index in [-0.39, 0.29) is 24.3 Å². The van der Waals surface area contributed by atoms with Crippen molar-refractivity contribution in [3.8, 4) is 0 Å². The first-order valence-corrected chi connectivity index (χ1v) is 5.66. The second kappa shape index (κ2) is 6.05. The van der Waals surface area contributed by atoms with Crippen molar-refractivity contribution in [3.63, 3.8) is 0 Å². The first-order chi connectivity index (χ1) is 8.88. The third kappa shape index (κ3) is 3.35. The predicted molar refractivity (Wildman–Crippen MR) is 68.6 cm³/mol. The number of rotatable bonds is 4. The summed E-state index contributed by atoms with van der Waals surface area (Å²) >= 11 is 0. The Labute approximate surface area is 110 Å². The Hall–Kier alpha value is -2.28. The molecule has 102 valence electrons. The van der Waals surface area contributed by atoms with Crippen LogP contribution in [0.15, 0.2) is 18.2 Å². The van der Waals surface area contributed by atoms with Crippen LogP contribution in [-0.2, 0) is 4.79 Å². The van der Waals surface area contributed by atoms with Gasteiger partial charge in [0.15, 0.2) is 0 Å². The van der Waals surface area contributed by atoms with Crippen molar-refractivity contribution in [2.75, 3.05) is 13.1 Å². The van der Waals surface area contributed by atoms with Gasteiger partial charge in [-0.05, 0) is 19.1 Å². The predicted octanol–water partition coefficient (Wildman–Crippen LogP) is 0.851. The van der Waals surface area contributed by atoms with E-state index in [1.807, 2.05) is 0 Å². The van der Waals surface area contributed by atoms with E-state index in [1.165, 1.54) is 32.0 Å². The molecule has 0 aliphatic heterocycles. The molecule has 0 atom stereocenters. The lowest BCUT2D eigenvalue weighted by Gasteiger charge is -2.18. The molecule has 7 nitrogen and oxygen atoms in total. The average Bonchev–Trinajstić information content (AvgIpc) is 2.34. The Morgan fingerprint density at radius 2 is 2.05 bits per heavy atom. The van der Waals surface area contributed by atoms with Gasteiger partial charge >= 0.3 is 0 Å². The van der Waals surface area contributed by atoms with Gasteiger partial charge in [0.1, 0.15) is 0 Å². The molecule has 0 aliphatic carbocycles. The van der Waals surface area contributed by atoms with Crippen LogP contribution in [0.5, 0.6) is 0 Å². The number of hydrogen-bond donors (Lipinski definition) is 1. The molecule has 0 aliphatic rings. The molecule has 0 spiro atoms. The van der Waals surface area contributed by atoms with Crippen LogP contribution >= 0.6 is 0 Å². The van der Waals surface area contributed by atoms with Gasteiger partial charge in [0.2, 0.25) is 5.91 Å². The summed E-state index contributed by atoms with van der Waals surface area (Å²) in [5.74, 6) is -0.914. The van der Waals surface area contributed by atoms with Crippen molar-refractivity contribution in [3.05, 3.63) is 39.4 Å². The van der Waals surface area contributed by atoms with Gasteiger partial charge < -0.3 is 5.73 Å². The Kier molecular flexibility index (Phi) is 4.71. The lowest BCUT2D eigenvalue weighted by atomic mass is 10.1. The van der Waals surface area contributed by atoms with Crippen molar-refractivity contribution >= 4 is 17.5 Å². The maximum Gasteiger partial charge on any atom is 0.272 e. The summed E-state index contributed by atoms with van der Waals surface area (Å²) in [4.78, 5) is 34.6. The third-order valence-corrected chi connectivity index (χ3v) is 2.62. The van der Waals surface area contributed by atoms with Gasteiger partial charge in [-0.3, -0.25) is 24.6 Å². The maximum absolute atomic E-state index is 12.1. The normalized spacial score (nSPS) is 10.1. The second-order valence-electron chi connectivity index (χ2n) is 4.02. The number of nitrogens with zero attached hydrogens (tertiary/aromatic N) is 2. The number of imide groups is 1. The Bertz CT molecular complexity index is 528. The summed E-state index contributed by atoms with van der Waals surface area (Å²) in [5.41, 5.74) is 5.87. The van der Waals surface area contributed by atoms with E-state index in [2.05, 4.69) is 0 Å². The summed E-state index contributed by atoms with van der Waals surface area (Å²) in [6, 6.07) is 3.98. The zero-order valence-corrected chi connectivity index (χ0v) is 10.8. The van der Waals surface area contributed by atoms with Crippen molar-refractivity contribution in [1.82, 2.24) is 4.90 Å². The van der Waals surface area contributed by atoms with Crippen LogP contribution in [-0.4, -0.2) is 34.7 Å². The molecule has 19 heavy (non-hydrogen) atoms. The summed E-state index contributed by atoms with van der Waals surface area (Å²) < 4.78 is 0. The molecule has 0 saturated carbocycles. The highest BCUT2D eigenvalue weighted by Crippen LogP contribution is 2.19. The number of nitrogens with two attached hydrogens (primary N) is 1. The van der Waals surface area contributed by atoms with Crippen LogP contribution in [0.1, 0.15) is 22.8 Å². The van der Waals surface area contributed by atoms with E-state index in [1.54, 1.807) is 0 Å². The van der Waals surface area contributed by atoms with Crippen molar-refractivity contribution < 1.29 is 14.5 Å². The molecule has 2 N–H and O–H groups in total. The largest absolute Gasteiger partial charge is 0.329 e. The molecule has 0 radical (unpaired) electrons. The third-order valence-electron chi connectivity index (χ3n) is 2.62. The van der Waals surface area contributed by atoms with Gasteiger partial charge in [-0.25, -0.2) is 0 Å². The first-order valence-electron chi connectivity index (χ1n) is 5.66. The smallest absolute Gasteiger partial charge is 0.272 e. The molecule has 0 fully saturated rings. The zero-order chi connectivity index (χ0) is 14.6. The fourth-order valence-electron chi connectivity index (χ4n) is 1.68. The Morgan fingerprint density at radius 3 is 2.47 bits per heavy atom. The fourth-order valence-corrected chi connectivity index (χ4v) is 1.68. The van der Waals surface area contributed by atoms with Gasteiger partial charge in [0.25, 0.3) is 11.6 Å². The van der Waals surface area contributed by atoms with E-state index in [0.717, 1.165) is 4.90 Å². The van der Waals surface area contributed by atoms with Gasteiger partial charge in [-0.15, -0.1) is 0 Å². The van der Waals surface area contributed by atoms with Crippen molar-refractivity contribution in [1.29, 1.82) is 0 Å². The minimum Gasteiger partial charge on any atom is -0.329 e. The number of amides is 2. The number of carbonyl (C=O) groups is 2. The zero-order valence-electron chi connectivity index (χ0n) is 10.8. The minimum absolute atomic E-state index is 0.0650. The summed E-state index contributed by atoms with van der Waals surface area (Å²) in [7, 11) is 0. The number of benzene rings is 1. The van der Waals surface area contributed by atoms with E-state index >= 15 is 0 Å². The molecule has 1 aromatic rings. The average molecular weight is 265 g/mol. The lowest BCUT2D eigenvalue weighted by Crippen LogP contribution is -2.38. The van der Waals surface area contributed by atoms with Crippen LogP contribution in [0.4, 0.5) is 5.69 Å². The summed E-state index contributed by atoms with van der Waals surface area (Å²) in [6.07, 6.45) is 0. The molecule has 0 aromatic heterocycles. The SMILES string of the molecule is CC(=O)N(CCN)C(=O)c1ccc([N+](=O)[O-])c(C)c1. The molecule has 7 heteroatoms. The first kappa shape index (κ1) is 14.8. The minimum atomic E-state index is -0.522. The van der Waals surface area contributed by atoms with Gasteiger partial charge in [0.05, 0.1) is 4.92 Å². The molecular weight excluding hydrogens is 250 g/mol. The highest BCUT2D eigenvalue weighted by Gasteiger charge is 2.21. The molecule has 1 aromatic carbocycles. The Balaban J connectivity index is 3.09. The molecule has 0 bridgehead atoms. The topological polar surface area (TPSA) is 107 Å². The summed E-state index contributed by atoms with van der Waals surface area (Å²) in [6.45, 7) is 3.09. The highest BCUT2D eigenvalue weighted by molar-refractivity contribution is 6.04. The molecule has 1 rings (SSSR count). The second-order valence-corrected chi connectivity index (χ2v) is 4.02. The molecule has 0 unspecified atom stereocenters. The van der Waals surface area contributed by atoms with E-state index < -0.39 is 16.7 Å². The summed E-state index contributed by atoms with van der Waals surface area (Å²) in [5, 5.41) is 10.7. The van der Waals surface area contributed by atoms with E-state index in [0.29, 0.717) is 5.56 Å². The number of carbonyl (C=O) groups excluding carboxylic acids is 2. The van der Waals surface area contributed by atoms with Crippen LogP contribution < -0.4 is 5.73 Å². The standard InChI is InChI=1S/C12H15N3O4/c1-8-7-10(3-4-11(8)15(18)19)12(17)14(6-5-13)9(2)16/h3-4,7H,5-6,13H2,1-2H3. The van der Waals surface area contributed by atoms with Crippen LogP contribution in [0.3, 0.4) is 0 Å². The molecule has 2 amide bonds. The van der Waals surface area contributed by atoms with Crippen LogP contribution in [0, 0.1) is 17.0 Å². The molecule has 0 saturated heterocycles. The quantitative estimate of drug-likeness (QED) is 0.641. The van der Waals surface area contributed by atoms with Gasteiger partial charge in [-0.2, -0.15) is 0 Å². The van der Waals surface area contributed by atoms with E-state index in [4.69, 9.17) is 5.73 Å². The Morgan fingerprint density at radius 1 is 1.42 bits per heavy atom. The number of nitro groups is 1.